The Bertz CT molecular complexity index is 789. The third-order valence-corrected chi connectivity index (χ3v) is 3.80. The molecule has 0 spiro atoms. The van der Waals surface area contributed by atoms with Crippen LogP contribution in [-0.4, -0.2) is 6.21 Å². The summed E-state index contributed by atoms with van der Waals surface area (Å²) in [5, 5.41) is 3.39. The van der Waals surface area contributed by atoms with Crippen molar-refractivity contribution >= 4 is 45.9 Å². The number of halogens is 2. The first kappa shape index (κ1) is 13.2. The lowest BCUT2D eigenvalue weighted by Gasteiger charge is -2.01. The highest BCUT2D eigenvalue weighted by Crippen LogP contribution is 2.26. The molecule has 0 saturated carbocycles. The lowest BCUT2D eigenvalue weighted by atomic mass is 10.1. The van der Waals surface area contributed by atoms with E-state index in [0.29, 0.717) is 10.0 Å². The second kappa shape index (κ2) is 5.66. The van der Waals surface area contributed by atoms with Gasteiger partial charge < -0.3 is 0 Å². The predicted octanol–water partition coefficient (Wildman–Crippen LogP) is 5.90. The van der Waals surface area contributed by atoms with Crippen LogP contribution in [0.25, 0.3) is 10.8 Å². The maximum atomic E-state index is 6.00. The molecule has 0 aliphatic carbocycles. The molecule has 98 valence electrons. The van der Waals surface area contributed by atoms with Gasteiger partial charge in [0.1, 0.15) is 0 Å². The Morgan fingerprint density at radius 1 is 0.800 bits per heavy atom. The van der Waals surface area contributed by atoms with Crippen molar-refractivity contribution in [3.8, 4) is 0 Å². The number of benzene rings is 3. The summed E-state index contributed by atoms with van der Waals surface area (Å²) in [6.07, 6.45) is 1.80. The maximum absolute atomic E-state index is 6.00. The first-order valence-corrected chi connectivity index (χ1v) is 6.96. The number of hydrogen-bond donors (Lipinski definition) is 0. The van der Waals surface area contributed by atoms with Crippen molar-refractivity contribution in [3.05, 3.63) is 76.3 Å². The van der Waals surface area contributed by atoms with Gasteiger partial charge >= 0.3 is 0 Å². The molecule has 3 aromatic rings. The third kappa shape index (κ3) is 2.69. The zero-order valence-corrected chi connectivity index (χ0v) is 12.1. The molecule has 0 aliphatic rings. The van der Waals surface area contributed by atoms with Crippen molar-refractivity contribution in [2.24, 2.45) is 4.99 Å². The van der Waals surface area contributed by atoms with Crippen molar-refractivity contribution in [3.63, 3.8) is 0 Å². The van der Waals surface area contributed by atoms with Gasteiger partial charge in [-0.05, 0) is 29.1 Å². The van der Waals surface area contributed by atoms with Crippen LogP contribution in [0.4, 0.5) is 5.69 Å². The minimum atomic E-state index is 0.536. The van der Waals surface area contributed by atoms with Crippen LogP contribution in [0, 0.1) is 0 Å². The summed E-state index contributed by atoms with van der Waals surface area (Å²) in [6, 6.07) is 19.7. The maximum Gasteiger partial charge on any atom is 0.0708 e. The van der Waals surface area contributed by atoms with Gasteiger partial charge in [0.2, 0.25) is 0 Å². The molecule has 0 heterocycles. The Morgan fingerprint density at radius 3 is 2.45 bits per heavy atom. The number of rotatable bonds is 2. The number of fused-ring (bicyclic) bond motifs is 1. The molecule has 0 bridgehead atoms. The standard InChI is InChI=1S/C17H11Cl2N/c18-15-9-8-12(10-16(15)19)11-20-17-7-3-5-13-4-1-2-6-14(13)17/h1-11H. The van der Waals surface area contributed by atoms with Gasteiger partial charge in [0.05, 0.1) is 15.7 Å². The fourth-order valence-corrected chi connectivity index (χ4v) is 2.36. The molecule has 0 unspecified atom stereocenters. The van der Waals surface area contributed by atoms with Gasteiger partial charge in [-0.1, -0.05) is 65.7 Å². The first-order valence-electron chi connectivity index (χ1n) is 6.21. The van der Waals surface area contributed by atoms with Gasteiger partial charge in [0, 0.05) is 11.6 Å². The van der Waals surface area contributed by atoms with Gasteiger partial charge in [0.15, 0.2) is 0 Å². The molecule has 3 heteroatoms. The molecule has 0 aliphatic heterocycles. The van der Waals surface area contributed by atoms with E-state index >= 15 is 0 Å². The van der Waals surface area contributed by atoms with Crippen LogP contribution < -0.4 is 0 Å². The van der Waals surface area contributed by atoms with Gasteiger partial charge in [0.25, 0.3) is 0 Å². The van der Waals surface area contributed by atoms with E-state index in [1.807, 2.05) is 30.3 Å². The number of hydrogen-bond acceptors (Lipinski definition) is 1. The van der Waals surface area contributed by atoms with Crippen molar-refractivity contribution in [2.45, 2.75) is 0 Å². The summed E-state index contributed by atoms with van der Waals surface area (Å²) in [5.41, 5.74) is 1.86. The Labute approximate surface area is 127 Å². The van der Waals surface area contributed by atoms with E-state index in [9.17, 15) is 0 Å². The lowest BCUT2D eigenvalue weighted by Crippen LogP contribution is -1.81. The highest BCUT2D eigenvalue weighted by molar-refractivity contribution is 6.42. The van der Waals surface area contributed by atoms with Gasteiger partial charge in [-0.15, -0.1) is 0 Å². The van der Waals surface area contributed by atoms with Crippen LogP contribution in [0.15, 0.2) is 65.7 Å². The summed E-state index contributed by atoms with van der Waals surface area (Å²) < 4.78 is 0. The van der Waals surface area contributed by atoms with Crippen LogP contribution in [0.2, 0.25) is 10.0 Å². The Hall–Kier alpha value is -1.83. The molecular formula is C17H11Cl2N. The Kier molecular flexibility index (Phi) is 3.72. The molecule has 0 fully saturated rings. The zero-order chi connectivity index (χ0) is 13.9. The normalized spacial score (nSPS) is 11.3. The number of aliphatic imine (C=N–C) groups is 1. The highest BCUT2D eigenvalue weighted by Gasteiger charge is 1.99. The van der Waals surface area contributed by atoms with Crippen molar-refractivity contribution < 1.29 is 0 Å². The average Bonchev–Trinajstić information content (AvgIpc) is 2.48. The van der Waals surface area contributed by atoms with Crippen molar-refractivity contribution in [1.29, 1.82) is 0 Å². The second-order valence-corrected chi connectivity index (χ2v) is 5.24. The molecule has 1 nitrogen and oxygen atoms in total. The Morgan fingerprint density at radius 2 is 1.60 bits per heavy atom. The van der Waals surface area contributed by atoms with Crippen LogP contribution in [-0.2, 0) is 0 Å². The molecule has 3 rings (SSSR count). The molecule has 0 amide bonds. The summed E-state index contributed by atoms with van der Waals surface area (Å²) >= 11 is 11.9. The fraction of sp³-hybridized carbons (Fsp3) is 0. The molecule has 20 heavy (non-hydrogen) atoms. The average molecular weight is 300 g/mol. The summed E-state index contributed by atoms with van der Waals surface area (Å²) in [6.45, 7) is 0. The minimum absolute atomic E-state index is 0.536. The summed E-state index contributed by atoms with van der Waals surface area (Å²) in [5.74, 6) is 0. The van der Waals surface area contributed by atoms with Gasteiger partial charge in [-0.25, -0.2) is 0 Å². The van der Waals surface area contributed by atoms with Crippen LogP contribution in [0.5, 0.6) is 0 Å². The minimum Gasteiger partial charge on any atom is -0.256 e. The monoisotopic (exact) mass is 299 g/mol. The van der Waals surface area contributed by atoms with E-state index in [4.69, 9.17) is 23.2 Å². The number of nitrogens with zero attached hydrogens (tertiary/aromatic N) is 1. The van der Waals surface area contributed by atoms with Crippen molar-refractivity contribution in [1.82, 2.24) is 0 Å². The SMILES string of the molecule is Clc1ccc(C=Nc2cccc3ccccc23)cc1Cl. The van der Waals surface area contributed by atoms with E-state index in [2.05, 4.69) is 23.2 Å². The molecule has 0 radical (unpaired) electrons. The molecule has 0 saturated heterocycles. The van der Waals surface area contributed by atoms with Gasteiger partial charge in [-0.2, -0.15) is 0 Å². The predicted molar refractivity (Wildman–Crippen MR) is 87.7 cm³/mol. The first-order chi connectivity index (χ1) is 9.74. The third-order valence-electron chi connectivity index (χ3n) is 3.06. The molecule has 3 aromatic carbocycles. The highest BCUT2D eigenvalue weighted by atomic mass is 35.5. The second-order valence-electron chi connectivity index (χ2n) is 4.43. The van der Waals surface area contributed by atoms with E-state index in [-0.39, 0.29) is 0 Å². The van der Waals surface area contributed by atoms with Crippen molar-refractivity contribution in [2.75, 3.05) is 0 Å². The van der Waals surface area contributed by atoms with E-state index in [0.717, 1.165) is 16.6 Å². The Balaban J connectivity index is 2.00. The largest absolute Gasteiger partial charge is 0.256 e. The van der Waals surface area contributed by atoms with E-state index in [1.54, 1.807) is 18.3 Å². The quantitative estimate of drug-likeness (QED) is 0.523. The van der Waals surface area contributed by atoms with Gasteiger partial charge in [-0.3, -0.25) is 4.99 Å². The molecule has 0 N–H and O–H groups in total. The summed E-state index contributed by atoms with van der Waals surface area (Å²) in [4.78, 5) is 4.55. The smallest absolute Gasteiger partial charge is 0.0708 e. The molecule has 0 atom stereocenters. The van der Waals surface area contributed by atoms with E-state index in [1.165, 1.54) is 5.39 Å². The van der Waals surface area contributed by atoms with E-state index < -0.39 is 0 Å². The fourth-order valence-electron chi connectivity index (χ4n) is 2.06. The van der Waals surface area contributed by atoms with Crippen LogP contribution in [0.1, 0.15) is 5.56 Å². The molecular weight excluding hydrogens is 289 g/mol. The van der Waals surface area contributed by atoms with Crippen LogP contribution >= 0.6 is 23.2 Å². The molecule has 0 aromatic heterocycles. The lowest BCUT2D eigenvalue weighted by molar-refractivity contribution is 1.56. The topological polar surface area (TPSA) is 12.4 Å². The zero-order valence-electron chi connectivity index (χ0n) is 10.6. The summed E-state index contributed by atoms with van der Waals surface area (Å²) in [7, 11) is 0. The van der Waals surface area contributed by atoms with Crippen LogP contribution in [0.3, 0.4) is 0 Å².